The largest absolute Gasteiger partial charge is 0.466 e. The molecule has 1 atom stereocenters. The van der Waals surface area contributed by atoms with E-state index < -0.39 is 0 Å². The van der Waals surface area contributed by atoms with E-state index in [1.807, 2.05) is 53.2 Å². The molecule has 0 saturated heterocycles. The Morgan fingerprint density at radius 3 is 2.58 bits per heavy atom. The minimum absolute atomic E-state index is 0.108. The zero-order valence-corrected chi connectivity index (χ0v) is 23.2. The summed E-state index contributed by atoms with van der Waals surface area (Å²) in [5.74, 6) is 0.0764. The van der Waals surface area contributed by atoms with E-state index in [-0.39, 0.29) is 24.3 Å². The van der Waals surface area contributed by atoms with E-state index in [1.165, 1.54) is 37.7 Å². The van der Waals surface area contributed by atoms with E-state index in [9.17, 15) is 9.59 Å². The van der Waals surface area contributed by atoms with Gasteiger partial charge in [0.1, 0.15) is 0 Å². The predicted molar refractivity (Wildman–Crippen MR) is 151 cm³/mol. The molecule has 38 heavy (non-hydrogen) atoms. The second-order valence-electron chi connectivity index (χ2n) is 9.97. The van der Waals surface area contributed by atoms with Crippen molar-refractivity contribution in [2.45, 2.75) is 58.4 Å². The third-order valence-electron chi connectivity index (χ3n) is 7.22. The number of nitrogens with one attached hydrogen (secondary N) is 1. The molecule has 1 heterocycles. The van der Waals surface area contributed by atoms with Gasteiger partial charge in [0.15, 0.2) is 0 Å². The van der Waals surface area contributed by atoms with Crippen LogP contribution in [0.25, 0.3) is 5.69 Å². The highest BCUT2D eigenvalue weighted by Crippen LogP contribution is 2.38. The van der Waals surface area contributed by atoms with Crippen molar-refractivity contribution in [3.8, 4) is 5.69 Å². The molecule has 7 nitrogen and oxygen atoms in total. The Bertz CT molecular complexity index is 1230. The number of rotatable bonds is 10. The van der Waals surface area contributed by atoms with Gasteiger partial charge in [-0.05, 0) is 75.1 Å². The quantitative estimate of drug-likeness (QED) is 0.296. The van der Waals surface area contributed by atoms with Gasteiger partial charge in [0.25, 0.3) is 5.91 Å². The van der Waals surface area contributed by atoms with Crippen molar-refractivity contribution in [3.63, 3.8) is 0 Å². The summed E-state index contributed by atoms with van der Waals surface area (Å²) in [7, 11) is 1.70. The highest BCUT2D eigenvalue weighted by Gasteiger charge is 2.28. The molecule has 8 heteroatoms. The molecular weight excluding hydrogens is 500 g/mol. The topological polar surface area (TPSA) is 76.5 Å². The smallest absolute Gasteiger partial charge is 0.307 e. The van der Waals surface area contributed by atoms with Crippen LogP contribution < -0.4 is 5.32 Å². The molecule has 1 amide bonds. The van der Waals surface area contributed by atoms with Crippen LogP contribution in [0.15, 0.2) is 54.7 Å². The van der Waals surface area contributed by atoms with Crippen LogP contribution in [0.1, 0.15) is 73.1 Å². The molecule has 1 aliphatic carbocycles. The lowest BCUT2D eigenvalue weighted by Crippen LogP contribution is -2.29. The molecule has 0 aliphatic heterocycles. The van der Waals surface area contributed by atoms with Crippen LogP contribution >= 0.6 is 11.6 Å². The van der Waals surface area contributed by atoms with Crippen LogP contribution in [0.3, 0.4) is 0 Å². The second-order valence-corrected chi connectivity index (χ2v) is 10.4. The Hall–Kier alpha value is -3.32. The number of carbonyl (C=O) groups is 2. The zero-order valence-electron chi connectivity index (χ0n) is 22.5. The number of hydrogen-bond acceptors (Lipinski definition) is 5. The van der Waals surface area contributed by atoms with Gasteiger partial charge in [-0.1, -0.05) is 36.9 Å². The van der Waals surface area contributed by atoms with Crippen molar-refractivity contribution in [1.82, 2.24) is 14.7 Å². The lowest BCUT2D eigenvalue weighted by Gasteiger charge is -2.31. The van der Waals surface area contributed by atoms with Crippen molar-refractivity contribution >= 4 is 29.2 Å². The number of ether oxygens (including phenoxy) is 1. The van der Waals surface area contributed by atoms with Crippen LogP contribution in [0.2, 0.25) is 5.02 Å². The average Bonchev–Trinajstić information content (AvgIpc) is 3.32. The molecule has 0 bridgehead atoms. The third-order valence-corrected chi connectivity index (χ3v) is 7.46. The minimum Gasteiger partial charge on any atom is -0.466 e. The SMILES string of the molecule is CCOC(=O)CCN(C)C(=O)c1ccc(NC(c2cn(-c3cccc(Cl)c3)nc2C)C2CCCCC2)cc1. The fraction of sp³-hybridized carbons (Fsp3) is 0.433. The Morgan fingerprint density at radius 1 is 1.16 bits per heavy atom. The van der Waals surface area contributed by atoms with Gasteiger partial charge in [-0.15, -0.1) is 0 Å². The molecule has 1 saturated carbocycles. The Morgan fingerprint density at radius 2 is 1.89 bits per heavy atom. The molecular formula is C30H37ClN4O3. The van der Waals surface area contributed by atoms with Gasteiger partial charge in [0.2, 0.25) is 0 Å². The molecule has 4 rings (SSSR count). The van der Waals surface area contributed by atoms with Gasteiger partial charge >= 0.3 is 5.97 Å². The molecule has 1 fully saturated rings. The monoisotopic (exact) mass is 536 g/mol. The number of benzene rings is 2. The molecule has 1 aliphatic rings. The van der Waals surface area contributed by atoms with E-state index in [1.54, 1.807) is 18.9 Å². The second kappa shape index (κ2) is 13.0. The fourth-order valence-electron chi connectivity index (χ4n) is 5.15. The van der Waals surface area contributed by atoms with Gasteiger partial charge in [0.05, 0.1) is 30.5 Å². The number of nitrogens with zero attached hydrogens (tertiary/aromatic N) is 3. The standard InChI is InChI=1S/C30H37ClN4O3/c1-4-38-28(36)17-18-34(3)30(37)23-13-15-25(16-14-23)32-29(22-9-6-5-7-10-22)27-20-35(33-21(27)2)26-12-8-11-24(31)19-26/h8,11-16,19-20,22,29,32H,4-7,9-10,17-18H2,1-3H3. The first-order valence-corrected chi connectivity index (χ1v) is 13.8. The highest BCUT2D eigenvalue weighted by molar-refractivity contribution is 6.30. The van der Waals surface area contributed by atoms with Crippen LogP contribution in [0, 0.1) is 12.8 Å². The summed E-state index contributed by atoms with van der Waals surface area (Å²) in [6.07, 6.45) is 8.38. The van der Waals surface area contributed by atoms with Crippen molar-refractivity contribution in [2.24, 2.45) is 5.92 Å². The highest BCUT2D eigenvalue weighted by atomic mass is 35.5. The summed E-state index contributed by atoms with van der Waals surface area (Å²) in [5.41, 5.74) is 4.64. The van der Waals surface area contributed by atoms with E-state index in [4.69, 9.17) is 21.4 Å². The molecule has 1 aromatic heterocycles. The number of carbonyl (C=O) groups excluding carboxylic acids is 2. The number of aromatic nitrogens is 2. The maximum Gasteiger partial charge on any atom is 0.307 e. The van der Waals surface area contributed by atoms with Gasteiger partial charge in [-0.3, -0.25) is 9.59 Å². The summed E-state index contributed by atoms with van der Waals surface area (Å²) in [5, 5.41) is 9.26. The number of anilines is 1. The first kappa shape index (κ1) is 27.7. The van der Waals surface area contributed by atoms with Crippen LogP contribution in [-0.2, 0) is 9.53 Å². The number of hydrogen-bond donors (Lipinski definition) is 1. The van der Waals surface area contributed by atoms with Crippen LogP contribution in [-0.4, -0.2) is 46.8 Å². The van der Waals surface area contributed by atoms with Crippen molar-refractivity contribution in [1.29, 1.82) is 0 Å². The summed E-state index contributed by atoms with van der Waals surface area (Å²) in [4.78, 5) is 26.1. The Kier molecular flexibility index (Phi) is 9.45. The molecule has 3 aromatic rings. The minimum atomic E-state index is -0.297. The van der Waals surface area contributed by atoms with Crippen molar-refractivity contribution in [3.05, 3.63) is 76.6 Å². The maximum atomic E-state index is 12.9. The fourth-order valence-corrected chi connectivity index (χ4v) is 5.33. The number of amides is 1. The normalized spacial score (nSPS) is 14.6. The van der Waals surface area contributed by atoms with Gasteiger partial charge in [-0.25, -0.2) is 4.68 Å². The third kappa shape index (κ3) is 6.95. The van der Waals surface area contributed by atoms with Gasteiger partial charge < -0.3 is 15.0 Å². The van der Waals surface area contributed by atoms with E-state index in [0.717, 1.165) is 17.1 Å². The lowest BCUT2D eigenvalue weighted by atomic mass is 9.81. The molecule has 2 aromatic carbocycles. The van der Waals surface area contributed by atoms with Crippen molar-refractivity contribution < 1.29 is 14.3 Å². The van der Waals surface area contributed by atoms with Crippen molar-refractivity contribution in [2.75, 3.05) is 25.5 Å². The summed E-state index contributed by atoms with van der Waals surface area (Å²) in [6.45, 7) is 4.49. The average molecular weight is 537 g/mol. The summed E-state index contributed by atoms with van der Waals surface area (Å²) < 4.78 is 6.86. The number of halogens is 1. The van der Waals surface area contributed by atoms with Gasteiger partial charge in [0, 0.05) is 41.6 Å². The predicted octanol–water partition coefficient (Wildman–Crippen LogP) is 6.59. The molecule has 0 spiro atoms. The Balaban J connectivity index is 1.51. The zero-order chi connectivity index (χ0) is 27.1. The number of esters is 1. The first-order chi connectivity index (χ1) is 18.4. The van der Waals surface area contributed by atoms with E-state index >= 15 is 0 Å². The maximum absolute atomic E-state index is 12.9. The van der Waals surface area contributed by atoms with Crippen LogP contribution in [0.4, 0.5) is 5.69 Å². The number of aryl methyl sites for hydroxylation is 1. The van der Waals surface area contributed by atoms with E-state index in [0.29, 0.717) is 29.7 Å². The van der Waals surface area contributed by atoms with Crippen LogP contribution in [0.5, 0.6) is 0 Å². The Labute approximate surface area is 230 Å². The van der Waals surface area contributed by atoms with E-state index in [2.05, 4.69) is 18.4 Å². The first-order valence-electron chi connectivity index (χ1n) is 13.5. The molecule has 202 valence electrons. The molecule has 0 radical (unpaired) electrons. The molecule has 1 unspecified atom stereocenters. The summed E-state index contributed by atoms with van der Waals surface area (Å²) in [6, 6.07) is 15.4. The summed E-state index contributed by atoms with van der Waals surface area (Å²) >= 11 is 6.23. The lowest BCUT2D eigenvalue weighted by molar-refractivity contribution is -0.143. The molecule has 1 N–H and O–H groups in total. The van der Waals surface area contributed by atoms with Gasteiger partial charge in [-0.2, -0.15) is 5.10 Å².